The molecular formula is C43H59ClN2O8. The van der Waals surface area contributed by atoms with Crippen molar-refractivity contribution in [3.8, 4) is 17.2 Å². The van der Waals surface area contributed by atoms with Gasteiger partial charge in [-0.1, -0.05) is 36.2 Å². The van der Waals surface area contributed by atoms with E-state index in [-0.39, 0.29) is 56.5 Å². The minimum Gasteiger partial charge on any atom is -0.459 e. The van der Waals surface area contributed by atoms with Crippen LogP contribution in [0.2, 0.25) is 0 Å². The largest absolute Gasteiger partial charge is 0.459 e. The fourth-order valence-electron chi connectivity index (χ4n) is 8.25. The normalized spacial score (nSPS) is 25.2. The van der Waals surface area contributed by atoms with Gasteiger partial charge in [0.2, 0.25) is 5.79 Å². The number of likely N-dealkylation sites (N-methyl/N-ethyl adjacent to an activating group) is 1. The van der Waals surface area contributed by atoms with Gasteiger partial charge in [-0.05, 0) is 119 Å². The number of ether oxygens (including phenoxy) is 4. The first-order chi connectivity index (χ1) is 25.9. The van der Waals surface area contributed by atoms with Crippen LogP contribution in [0.5, 0.6) is 17.2 Å². The van der Waals surface area contributed by atoms with Gasteiger partial charge in [0.15, 0.2) is 0 Å². The summed E-state index contributed by atoms with van der Waals surface area (Å²) in [4.78, 5) is 21.4. The van der Waals surface area contributed by atoms with Crippen molar-refractivity contribution in [3.05, 3.63) is 77.4 Å². The highest BCUT2D eigenvalue weighted by Gasteiger charge is 2.65. The molecule has 1 fully saturated rings. The van der Waals surface area contributed by atoms with Crippen LogP contribution in [0.1, 0.15) is 88.3 Å². The van der Waals surface area contributed by atoms with E-state index in [9.17, 15) is 15.0 Å². The smallest absolute Gasteiger partial charge is 0.410 e. The Bertz CT molecular complexity index is 1670. The van der Waals surface area contributed by atoms with E-state index in [4.69, 9.17) is 40.5 Å². The molecule has 0 bridgehead atoms. The second-order valence-corrected chi connectivity index (χ2v) is 16.1. The molecule has 54 heavy (non-hydrogen) atoms. The third kappa shape index (κ3) is 9.27. The quantitative estimate of drug-likeness (QED) is 0.0710. The maximum Gasteiger partial charge on any atom is 0.410 e. The van der Waals surface area contributed by atoms with E-state index in [1.54, 1.807) is 18.0 Å². The van der Waals surface area contributed by atoms with Crippen LogP contribution in [0.15, 0.2) is 65.9 Å². The number of halogens is 1. The van der Waals surface area contributed by atoms with E-state index in [1.165, 1.54) is 5.56 Å². The van der Waals surface area contributed by atoms with Gasteiger partial charge < -0.3 is 38.9 Å². The second kappa shape index (κ2) is 18.4. The summed E-state index contributed by atoms with van der Waals surface area (Å²) < 4.78 is 26.2. The predicted octanol–water partition coefficient (Wildman–Crippen LogP) is 8.84. The molecule has 10 nitrogen and oxygen atoms in total. The van der Waals surface area contributed by atoms with Gasteiger partial charge in [0.1, 0.15) is 35.5 Å². The van der Waals surface area contributed by atoms with Crippen LogP contribution in [0.3, 0.4) is 0 Å². The third-order valence-corrected chi connectivity index (χ3v) is 11.0. The topological polar surface area (TPSA) is 119 Å². The fraction of sp³-hybridized carbons (Fsp3) is 0.581. The number of aliphatic hydroxyl groups excluding tert-OH is 2. The Morgan fingerprint density at radius 2 is 1.76 bits per heavy atom. The molecule has 0 radical (unpaired) electrons. The molecule has 1 heterocycles. The number of carbonyl (C=O) groups is 1. The van der Waals surface area contributed by atoms with Gasteiger partial charge >= 0.3 is 6.09 Å². The first kappa shape index (κ1) is 41.6. The van der Waals surface area contributed by atoms with Crippen molar-refractivity contribution in [2.75, 3.05) is 39.4 Å². The number of carbonyl (C=O) groups excluding carboxylic acids is 1. The van der Waals surface area contributed by atoms with Crippen LogP contribution in [0.4, 0.5) is 4.79 Å². The average Bonchev–Trinajstić information content (AvgIpc) is 3.14. The van der Waals surface area contributed by atoms with Crippen LogP contribution in [-0.4, -0.2) is 83.7 Å². The van der Waals surface area contributed by atoms with Crippen molar-refractivity contribution >= 4 is 23.4 Å². The van der Waals surface area contributed by atoms with Crippen molar-refractivity contribution in [2.45, 2.75) is 103 Å². The van der Waals surface area contributed by atoms with Crippen LogP contribution >= 0.6 is 11.6 Å². The molecule has 2 aliphatic carbocycles. The number of oxime groups is 1. The summed E-state index contributed by atoms with van der Waals surface area (Å²) in [5.41, 5.74) is 4.42. The van der Waals surface area contributed by atoms with Crippen molar-refractivity contribution in [1.29, 1.82) is 0 Å². The van der Waals surface area contributed by atoms with Gasteiger partial charge in [0, 0.05) is 38.2 Å². The monoisotopic (exact) mass is 766 g/mol. The van der Waals surface area contributed by atoms with Crippen molar-refractivity contribution in [1.82, 2.24) is 4.90 Å². The minimum absolute atomic E-state index is 0.0542. The lowest BCUT2D eigenvalue weighted by Gasteiger charge is -2.59. The highest BCUT2D eigenvalue weighted by molar-refractivity contribution is 6.18. The fourth-order valence-corrected chi connectivity index (χ4v) is 8.33. The number of rotatable bonds is 17. The molecule has 11 heteroatoms. The van der Waals surface area contributed by atoms with E-state index in [2.05, 4.69) is 38.6 Å². The summed E-state index contributed by atoms with van der Waals surface area (Å²) in [6.07, 6.45) is 8.47. The van der Waals surface area contributed by atoms with Crippen molar-refractivity contribution in [3.63, 3.8) is 0 Å². The molecule has 1 amide bonds. The number of hydrogen-bond donors (Lipinski definition) is 2. The first-order valence-corrected chi connectivity index (χ1v) is 19.9. The Morgan fingerprint density at radius 3 is 2.43 bits per heavy atom. The molecule has 1 aliphatic heterocycles. The number of amides is 1. The zero-order chi connectivity index (χ0) is 39.0. The van der Waals surface area contributed by atoms with Crippen LogP contribution in [-0.2, 0) is 14.3 Å². The van der Waals surface area contributed by atoms with Crippen molar-refractivity contribution < 1.29 is 38.8 Å². The minimum atomic E-state index is -1.37. The number of fused-ring (bicyclic) bond motifs is 2. The van der Waals surface area contributed by atoms with Gasteiger partial charge in [0.05, 0.1) is 24.1 Å². The highest BCUT2D eigenvalue weighted by Crippen LogP contribution is 2.62. The summed E-state index contributed by atoms with van der Waals surface area (Å²) in [6.45, 7) is 14.4. The number of allylic oxidation sites excluding steroid dienone is 1. The molecular weight excluding hydrogens is 708 g/mol. The number of aryl methyl sites for hydroxylation is 2. The molecule has 2 aromatic carbocycles. The molecule has 296 valence electrons. The third-order valence-electron chi connectivity index (χ3n) is 10.8. The number of aliphatic hydroxyl groups is 2. The first-order valence-electron chi connectivity index (χ1n) is 19.3. The standard InChI is InChI=1S/C43H59ClN2O8/c1-8-22-51-43-38(46(7)41(49)50-23-19-44)27-36(45-54-42(4,5)6)34-25-30(13-9-11-20-47)33(14-10-12-21-48)39(40(34)43)35-26-32(17-18-37(35)53-43)52-31-16-15-28(2)29(3)24-31/h8,15-18,24-26,30,33,38-40,47-48H,1,9-14,19-23,27H2,2-7H3. The summed E-state index contributed by atoms with van der Waals surface area (Å²) in [5.74, 6) is 0.468. The maximum absolute atomic E-state index is 13.7. The zero-order valence-electron chi connectivity index (χ0n) is 32.8. The SMILES string of the molecule is C=CCOC12Oc3ccc(Oc4ccc(C)c(C)c4)cc3C3C(CCCCO)C(CCCCO)C=C(C(=NOC(C)(C)C)CC1N(C)C(=O)OCCCl)C32. The average molecular weight is 767 g/mol. The molecule has 2 N–H and O–H groups in total. The van der Waals surface area contributed by atoms with E-state index in [0.29, 0.717) is 24.3 Å². The van der Waals surface area contributed by atoms with Gasteiger partial charge in [-0.25, -0.2) is 4.79 Å². The summed E-state index contributed by atoms with van der Waals surface area (Å²) >= 11 is 5.94. The lowest BCUT2D eigenvalue weighted by atomic mass is 9.55. The molecule has 1 saturated carbocycles. The number of unbranched alkanes of at least 4 members (excludes halogenated alkanes) is 2. The number of nitrogens with zero attached hydrogens (tertiary/aromatic N) is 2. The van der Waals surface area contributed by atoms with Crippen LogP contribution < -0.4 is 9.47 Å². The van der Waals surface area contributed by atoms with Gasteiger partial charge in [-0.3, -0.25) is 0 Å². The Kier molecular flexibility index (Phi) is 14.2. The summed E-state index contributed by atoms with van der Waals surface area (Å²) in [6, 6.07) is 11.3. The highest BCUT2D eigenvalue weighted by atomic mass is 35.5. The molecule has 0 saturated heterocycles. The van der Waals surface area contributed by atoms with Gasteiger partial charge in [-0.2, -0.15) is 0 Å². The van der Waals surface area contributed by atoms with Crippen LogP contribution in [0, 0.1) is 31.6 Å². The predicted molar refractivity (Wildman–Crippen MR) is 212 cm³/mol. The molecule has 2 aromatic rings. The molecule has 3 aliphatic rings. The Morgan fingerprint density at radius 1 is 1.06 bits per heavy atom. The van der Waals surface area contributed by atoms with Gasteiger partial charge in [0.25, 0.3) is 0 Å². The summed E-state index contributed by atoms with van der Waals surface area (Å²) in [7, 11) is 1.70. The molecule has 0 aromatic heterocycles. The molecule has 0 spiro atoms. The van der Waals surface area contributed by atoms with Crippen LogP contribution in [0.25, 0.3) is 0 Å². The van der Waals surface area contributed by atoms with Crippen molar-refractivity contribution in [2.24, 2.45) is 22.9 Å². The van der Waals surface area contributed by atoms with Gasteiger partial charge in [-0.15, -0.1) is 18.2 Å². The molecule has 5 rings (SSSR count). The van der Waals surface area contributed by atoms with E-state index >= 15 is 0 Å². The lowest BCUT2D eigenvalue weighted by molar-refractivity contribution is -0.253. The van der Waals surface area contributed by atoms with E-state index in [0.717, 1.165) is 53.8 Å². The maximum atomic E-state index is 13.7. The lowest BCUT2D eigenvalue weighted by Crippen LogP contribution is -2.69. The number of benzene rings is 2. The second-order valence-electron chi connectivity index (χ2n) is 15.7. The van der Waals surface area contributed by atoms with E-state index < -0.39 is 29.4 Å². The van der Waals surface area contributed by atoms with E-state index in [1.807, 2.05) is 45.0 Å². The Hall–Kier alpha value is -3.57. The molecule has 6 atom stereocenters. The number of hydrogen-bond acceptors (Lipinski definition) is 9. The summed E-state index contributed by atoms with van der Waals surface area (Å²) in [5, 5.41) is 24.5. The molecule has 6 unspecified atom stereocenters. The Labute approximate surface area is 326 Å². The number of alkyl halides is 1. The zero-order valence-corrected chi connectivity index (χ0v) is 33.6. The Balaban J connectivity index is 1.76.